The molecule has 0 aliphatic heterocycles. The van der Waals surface area contributed by atoms with Gasteiger partial charge in [0.25, 0.3) is 0 Å². The number of fused-ring (bicyclic) bond motifs is 1. The van der Waals surface area contributed by atoms with E-state index in [0.29, 0.717) is 16.5 Å². The van der Waals surface area contributed by atoms with E-state index < -0.39 is 0 Å². The van der Waals surface area contributed by atoms with Gasteiger partial charge in [-0.3, -0.25) is 4.79 Å². The van der Waals surface area contributed by atoms with Crippen LogP contribution in [0.2, 0.25) is 0 Å². The summed E-state index contributed by atoms with van der Waals surface area (Å²) in [4.78, 5) is 15.3. The van der Waals surface area contributed by atoms with E-state index in [1.165, 1.54) is 32.1 Å². The first-order chi connectivity index (χ1) is 16.3. The lowest BCUT2D eigenvalue weighted by Gasteiger charge is -2.30. The molecule has 1 aromatic heterocycles. The Morgan fingerprint density at radius 3 is 2.24 bits per heavy atom. The maximum absolute atomic E-state index is 13.1. The Hall–Kier alpha value is -2.79. The molecule has 0 spiro atoms. The van der Waals surface area contributed by atoms with Gasteiger partial charge in [-0.15, -0.1) is 0 Å². The van der Waals surface area contributed by atoms with Crippen LogP contribution in [0.3, 0.4) is 0 Å². The van der Waals surface area contributed by atoms with E-state index in [2.05, 4.69) is 39.8 Å². The smallest absolute Gasteiger partial charge is 0.235 e. The highest BCUT2D eigenvalue weighted by Crippen LogP contribution is 2.32. The molecular formula is C29H41N2O3+. The Bertz CT molecular complexity index is 1130. The molecule has 0 saturated carbocycles. The molecule has 0 fully saturated rings. The average molecular weight is 466 g/mol. The highest BCUT2D eigenvalue weighted by atomic mass is 16.4. The van der Waals surface area contributed by atoms with Crippen LogP contribution in [0.1, 0.15) is 58.4 Å². The van der Waals surface area contributed by atoms with Crippen molar-refractivity contribution in [1.82, 2.24) is 0 Å². The minimum Gasteiger partial charge on any atom is -0.502 e. The number of hydrogen-bond donors (Lipinski definition) is 1. The summed E-state index contributed by atoms with van der Waals surface area (Å²) < 4.78 is 6.90. The molecule has 1 heterocycles. The Labute approximate surface area is 204 Å². The first kappa shape index (κ1) is 25.8. The number of nitrogens with zero attached hydrogens (tertiary/aromatic N) is 2. The number of aromatic hydroxyl groups is 1. The first-order valence-electron chi connectivity index (χ1n) is 12.8. The van der Waals surface area contributed by atoms with E-state index >= 15 is 0 Å². The van der Waals surface area contributed by atoms with E-state index in [4.69, 9.17) is 4.42 Å². The topological polar surface area (TPSA) is 53.7 Å². The summed E-state index contributed by atoms with van der Waals surface area (Å²) in [5.74, 6) is -0.107. The standard InChI is InChI=1S/C29H40N2O3/c1-6-9-10-11-12-19-31(4,5)21-22-13-18-26-25(20-22)27(32)28(33)29(34-26)23-14-16-24(17-15-23)30(7-2)8-3/h13-18,20H,6-12,19,21H2,1-5H3/p+1. The quantitative estimate of drug-likeness (QED) is 0.243. The van der Waals surface area contributed by atoms with Crippen LogP contribution in [0.15, 0.2) is 51.7 Å². The maximum Gasteiger partial charge on any atom is 0.235 e. The van der Waals surface area contributed by atoms with Gasteiger partial charge in [-0.2, -0.15) is 0 Å². The number of quaternary nitrogens is 1. The molecule has 34 heavy (non-hydrogen) atoms. The third kappa shape index (κ3) is 6.20. The summed E-state index contributed by atoms with van der Waals surface area (Å²) in [6, 6.07) is 13.6. The largest absolute Gasteiger partial charge is 0.502 e. The molecule has 0 saturated heterocycles. The van der Waals surface area contributed by atoms with Crippen molar-refractivity contribution >= 4 is 16.7 Å². The Balaban J connectivity index is 1.82. The van der Waals surface area contributed by atoms with Crippen molar-refractivity contribution in [2.24, 2.45) is 0 Å². The summed E-state index contributed by atoms with van der Waals surface area (Å²) in [6.45, 7) is 10.2. The van der Waals surface area contributed by atoms with E-state index in [-0.39, 0.29) is 16.9 Å². The van der Waals surface area contributed by atoms with E-state index in [1.807, 2.05) is 42.5 Å². The fourth-order valence-corrected chi connectivity index (χ4v) is 4.66. The summed E-state index contributed by atoms with van der Waals surface area (Å²) in [5.41, 5.74) is 2.99. The maximum atomic E-state index is 13.1. The van der Waals surface area contributed by atoms with Crippen LogP contribution in [-0.2, 0) is 6.54 Å². The molecule has 184 valence electrons. The monoisotopic (exact) mass is 465 g/mol. The summed E-state index contributed by atoms with van der Waals surface area (Å²) in [7, 11) is 4.46. The van der Waals surface area contributed by atoms with Crippen molar-refractivity contribution in [3.63, 3.8) is 0 Å². The Morgan fingerprint density at radius 1 is 0.912 bits per heavy atom. The molecule has 2 aromatic carbocycles. The highest BCUT2D eigenvalue weighted by molar-refractivity contribution is 5.82. The summed E-state index contributed by atoms with van der Waals surface area (Å²) >= 11 is 0. The Kier molecular flexibility index (Phi) is 8.78. The molecule has 0 atom stereocenters. The predicted molar refractivity (Wildman–Crippen MR) is 143 cm³/mol. The summed E-state index contributed by atoms with van der Waals surface area (Å²) in [5, 5.41) is 11.1. The molecule has 0 aliphatic rings. The van der Waals surface area contributed by atoms with Crippen molar-refractivity contribution in [2.45, 2.75) is 59.4 Å². The lowest BCUT2D eigenvalue weighted by Crippen LogP contribution is -2.39. The number of anilines is 1. The minimum absolute atomic E-state index is 0.222. The second kappa shape index (κ2) is 11.6. The molecule has 5 heteroatoms. The van der Waals surface area contributed by atoms with Gasteiger partial charge in [0.1, 0.15) is 12.1 Å². The zero-order valence-corrected chi connectivity index (χ0v) is 21.6. The van der Waals surface area contributed by atoms with Gasteiger partial charge in [0.15, 0.2) is 5.76 Å². The minimum atomic E-state index is -0.379. The average Bonchev–Trinajstić information content (AvgIpc) is 2.82. The highest BCUT2D eigenvalue weighted by Gasteiger charge is 2.19. The molecule has 0 aliphatic carbocycles. The van der Waals surface area contributed by atoms with Crippen LogP contribution in [0.5, 0.6) is 5.75 Å². The van der Waals surface area contributed by atoms with Gasteiger partial charge < -0.3 is 18.9 Å². The van der Waals surface area contributed by atoms with E-state index in [9.17, 15) is 9.90 Å². The van der Waals surface area contributed by atoms with Crippen LogP contribution in [0.25, 0.3) is 22.3 Å². The van der Waals surface area contributed by atoms with E-state index in [1.54, 1.807) is 0 Å². The molecule has 0 radical (unpaired) electrons. The zero-order valence-electron chi connectivity index (χ0n) is 21.6. The fourth-order valence-electron chi connectivity index (χ4n) is 4.66. The van der Waals surface area contributed by atoms with Crippen molar-refractivity contribution in [1.29, 1.82) is 0 Å². The first-order valence-corrected chi connectivity index (χ1v) is 12.8. The van der Waals surface area contributed by atoms with Gasteiger partial charge in [0.2, 0.25) is 11.2 Å². The van der Waals surface area contributed by atoms with Crippen LogP contribution in [-0.4, -0.2) is 43.3 Å². The molecule has 5 nitrogen and oxygen atoms in total. The number of hydrogen-bond acceptors (Lipinski definition) is 4. The SMILES string of the molecule is CCCCCCC[N+](C)(C)Cc1ccc2oc(-c3ccc(N(CC)CC)cc3)c(O)c(=O)c2c1. The van der Waals surface area contributed by atoms with Gasteiger partial charge >= 0.3 is 0 Å². The van der Waals surface area contributed by atoms with Crippen molar-refractivity contribution in [3.8, 4) is 17.1 Å². The second-order valence-electron chi connectivity index (χ2n) is 9.89. The number of benzene rings is 2. The molecule has 3 aromatic rings. The Morgan fingerprint density at radius 2 is 1.59 bits per heavy atom. The number of rotatable bonds is 12. The molecule has 3 rings (SSSR count). The van der Waals surface area contributed by atoms with Crippen LogP contribution in [0.4, 0.5) is 5.69 Å². The summed E-state index contributed by atoms with van der Waals surface area (Å²) in [6.07, 6.45) is 6.34. The van der Waals surface area contributed by atoms with Crippen molar-refractivity contribution in [3.05, 3.63) is 58.3 Å². The lowest BCUT2D eigenvalue weighted by molar-refractivity contribution is -0.903. The third-order valence-electron chi connectivity index (χ3n) is 6.67. The van der Waals surface area contributed by atoms with Gasteiger partial charge in [0.05, 0.1) is 26.0 Å². The second-order valence-corrected chi connectivity index (χ2v) is 9.89. The van der Waals surface area contributed by atoms with Gasteiger partial charge in [-0.25, -0.2) is 0 Å². The fraction of sp³-hybridized carbons (Fsp3) is 0.483. The molecule has 0 amide bonds. The number of unbranched alkanes of at least 4 members (excludes halogenated alkanes) is 4. The third-order valence-corrected chi connectivity index (χ3v) is 6.67. The van der Waals surface area contributed by atoms with Crippen LogP contribution >= 0.6 is 0 Å². The normalized spacial score (nSPS) is 11.8. The zero-order chi connectivity index (χ0) is 24.7. The molecular weight excluding hydrogens is 424 g/mol. The van der Waals surface area contributed by atoms with Gasteiger partial charge in [0, 0.05) is 29.9 Å². The lowest BCUT2D eigenvalue weighted by atomic mass is 10.1. The molecule has 1 N–H and O–H groups in total. The van der Waals surface area contributed by atoms with Crippen molar-refractivity contribution in [2.75, 3.05) is 38.6 Å². The van der Waals surface area contributed by atoms with Crippen LogP contribution < -0.4 is 10.3 Å². The molecule has 0 bridgehead atoms. The van der Waals surface area contributed by atoms with Crippen molar-refractivity contribution < 1.29 is 14.0 Å². The predicted octanol–water partition coefficient (Wildman–Crippen LogP) is 6.56. The van der Waals surface area contributed by atoms with Gasteiger partial charge in [-0.05, 0) is 69.2 Å². The van der Waals surface area contributed by atoms with Gasteiger partial charge in [-0.1, -0.05) is 26.2 Å². The van der Waals surface area contributed by atoms with Crippen LogP contribution in [0, 0.1) is 0 Å². The molecule has 0 unspecified atom stereocenters. The van der Waals surface area contributed by atoms with E-state index in [0.717, 1.165) is 41.9 Å².